The van der Waals surface area contributed by atoms with Crippen LogP contribution in [0.3, 0.4) is 0 Å². The molecule has 0 saturated carbocycles. The molecule has 2 rings (SSSR count). The Labute approximate surface area is 92.3 Å². The molecule has 0 radical (unpaired) electrons. The van der Waals surface area contributed by atoms with Crippen molar-refractivity contribution in [3.8, 4) is 5.75 Å². The first kappa shape index (κ1) is 8.96. The Bertz CT molecular complexity index is 476. The molecule has 0 spiro atoms. The molecule has 2 aromatic rings. The summed E-state index contributed by atoms with van der Waals surface area (Å²) in [5.41, 5.74) is 0.550. The van der Waals surface area contributed by atoms with E-state index in [2.05, 4.69) is 22.6 Å². The van der Waals surface area contributed by atoms with E-state index in [1.165, 1.54) is 11.3 Å². The Hall–Kier alpha value is -0.620. The van der Waals surface area contributed by atoms with Gasteiger partial charge in [-0.05, 0) is 34.7 Å². The molecule has 0 bridgehead atoms. The summed E-state index contributed by atoms with van der Waals surface area (Å²) in [5.74, 6) is 0.195. The highest BCUT2D eigenvalue weighted by atomic mass is 127. The fraction of sp³-hybridized carbons (Fsp3) is 0. The van der Waals surface area contributed by atoms with E-state index in [4.69, 9.17) is 0 Å². The number of aldehydes is 1. The maximum Gasteiger partial charge on any atom is 0.150 e. The maximum absolute atomic E-state index is 10.7. The molecule has 2 nitrogen and oxygen atoms in total. The summed E-state index contributed by atoms with van der Waals surface area (Å²) in [4.78, 5) is 10.7. The number of aromatic hydroxyl groups is 1. The van der Waals surface area contributed by atoms with Crippen molar-refractivity contribution in [1.29, 1.82) is 0 Å². The second-order valence-corrected chi connectivity index (χ2v) is 4.62. The molecule has 0 unspecified atom stereocenters. The summed E-state index contributed by atoms with van der Waals surface area (Å²) in [5, 5.41) is 11.8. The van der Waals surface area contributed by atoms with Crippen LogP contribution in [0.15, 0.2) is 17.5 Å². The molecular formula is C9H5IO2S. The van der Waals surface area contributed by atoms with Gasteiger partial charge in [0.25, 0.3) is 0 Å². The number of benzene rings is 1. The first-order valence-corrected chi connectivity index (χ1v) is 5.53. The highest BCUT2D eigenvalue weighted by Gasteiger charge is 2.09. The molecule has 0 aliphatic carbocycles. The van der Waals surface area contributed by atoms with E-state index in [0.717, 1.165) is 14.6 Å². The quantitative estimate of drug-likeness (QED) is 0.649. The first-order valence-electron chi connectivity index (χ1n) is 3.58. The summed E-state index contributed by atoms with van der Waals surface area (Å²) in [7, 11) is 0. The first-order chi connectivity index (χ1) is 6.24. The van der Waals surface area contributed by atoms with E-state index in [0.29, 0.717) is 10.9 Å². The Balaban J connectivity index is 2.96. The Kier molecular flexibility index (Phi) is 2.25. The van der Waals surface area contributed by atoms with Crippen LogP contribution < -0.4 is 0 Å². The molecular weight excluding hydrogens is 299 g/mol. The SMILES string of the molecule is O=Cc1ccc(I)c2scc(O)c12. The van der Waals surface area contributed by atoms with Crippen LogP contribution in [0, 0.1) is 3.57 Å². The van der Waals surface area contributed by atoms with Crippen LogP contribution in [0.1, 0.15) is 10.4 Å². The van der Waals surface area contributed by atoms with Gasteiger partial charge >= 0.3 is 0 Å². The van der Waals surface area contributed by atoms with Gasteiger partial charge in [0.05, 0.1) is 4.70 Å². The predicted octanol–water partition coefficient (Wildman–Crippen LogP) is 3.02. The number of halogens is 1. The van der Waals surface area contributed by atoms with Gasteiger partial charge in [0.15, 0.2) is 6.29 Å². The number of rotatable bonds is 1. The van der Waals surface area contributed by atoms with E-state index >= 15 is 0 Å². The standard InChI is InChI=1S/C9H5IO2S/c10-6-2-1-5(3-11)8-7(12)4-13-9(6)8/h1-4,12H. The Morgan fingerprint density at radius 3 is 2.92 bits per heavy atom. The van der Waals surface area contributed by atoms with E-state index in [1.807, 2.05) is 6.07 Å². The third kappa shape index (κ3) is 1.34. The average Bonchev–Trinajstić information content (AvgIpc) is 2.51. The largest absolute Gasteiger partial charge is 0.506 e. The van der Waals surface area contributed by atoms with Crippen molar-refractivity contribution in [3.05, 3.63) is 26.6 Å². The molecule has 0 amide bonds. The van der Waals surface area contributed by atoms with Crippen LogP contribution in [0.2, 0.25) is 0 Å². The van der Waals surface area contributed by atoms with Gasteiger partial charge in [-0.1, -0.05) is 0 Å². The molecule has 1 aromatic carbocycles. The molecule has 1 heterocycles. The number of thiophene rings is 1. The van der Waals surface area contributed by atoms with Gasteiger partial charge in [-0.2, -0.15) is 0 Å². The monoisotopic (exact) mass is 304 g/mol. The minimum atomic E-state index is 0.195. The van der Waals surface area contributed by atoms with Crippen molar-refractivity contribution in [2.24, 2.45) is 0 Å². The van der Waals surface area contributed by atoms with Crippen LogP contribution in [-0.4, -0.2) is 11.4 Å². The third-order valence-corrected chi connectivity index (χ3v) is 4.08. The maximum atomic E-state index is 10.7. The lowest BCUT2D eigenvalue weighted by atomic mass is 10.1. The molecule has 1 N–H and O–H groups in total. The molecule has 0 aliphatic rings. The normalized spacial score (nSPS) is 10.5. The second-order valence-electron chi connectivity index (χ2n) is 2.58. The van der Waals surface area contributed by atoms with Crippen LogP contribution in [0.25, 0.3) is 10.1 Å². The van der Waals surface area contributed by atoms with E-state index in [-0.39, 0.29) is 5.75 Å². The summed E-state index contributed by atoms with van der Waals surface area (Å²) in [6.07, 6.45) is 0.769. The van der Waals surface area contributed by atoms with Crippen LogP contribution in [0.4, 0.5) is 0 Å². The topological polar surface area (TPSA) is 37.3 Å². The van der Waals surface area contributed by atoms with Crippen molar-refractivity contribution in [3.63, 3.8) is 0 Å². The van der Waals surface area contributed by atoms with Gasteiger partial charge in [0.2, 0.25) is 0 Å². The summed E-state index contributed by atoms with van der Waals surface area (Å²) >= 11 is 3.64. The number of carbonyl (C=O) groups is 1. The Morgan fingerprint density at radius 2 is 2.23 bits per heavy atom. The third-order valence-electron chi connectivity index (χ3n) is 1.81. The summed E-state index contributed by atoms with van der Waals surface area (Å²) < 4.78 is 2.03. The van der Waals surface area contributed by atoms with Crippen molar-refractivity contribution < 1.29 is 9.90 Å². The zero-order valence-corrected chi connectivity index (χ0v) is 9.43. The lowest BCUT2D eigenvalue weighted by Gasteiger charge is -1.97. The lowest BCUT2D eigenvalue weighted by molar-refractivity contribution is 0.112. The van der Waals surface area contributed by atoms with Gasteiger partial charge in [-0.25, -0.2) is 0 Å². The van der Waals surface area contributed by atoms with Gasteiger partial charge in [0, 0.05) is 19.9 Å². The van der Waals surface area contributed by atoms with Crippen LogP contribution >= 0.6 is 33.9 Å². The van der Waals surface area contributed by atoms with Crippen molar-refractivity contribution >= 4 is 50.3 Å². The minimum Gasteiger partial charge on any atom is -0.506 e. The summed E-state index contributed by atoms with van der Waals surface area (Å²) in [6.45, 7) is 0. The van der Waals surface area contributed by atoms with Gasteiger partial charge in [0.1, 0.15) is 5.75 Å². The number of fused-ring (bicyclic) bond motifs is 1. The van der Waals surface area contributed by atoms with E-state index in [1.54, 1.807) is 11.4 Å². The zero-order valence-electron chi connectivity index (χ0n) is 6.45. The van der Waals surface area contributed by atoms with Gasteiger partial charge in [-0.15, -0.1) is 11.3 Å². The number of hydrogen-bond donors (Lipinski definition) is 1. The summed E-state index contributed by atoms with van der Waals surface area (Å²) in [6, 6.07) is 3.60. The lowest BCUT2D eigenvalue weighted by Crippen LogP contribution is -1.81. The molecule has 13 heavy (non-hydrogen) atoms. The zero-order chi connectivity index (χ0) is 9.42. The van der Waals surface area contributed by atoms with Gasteiger partial charge < -0.3 is 5.11 Å². The highest BCUT2D eigenvalue weighted by molar-refractivity contribution is 14.1. The molecule has 4 heteroatoms. The molecule has 1 aromatic heterocycles. The van der Waals surface area contributed by atoms with Gasteiger partial charge in [-0.3, -0.25) is 4.79 Å². The fourth-order valence-electron chi connectivity index (χ4n) is 1.22. The average molecular weight is 304 g/mol. The van der Waals surface area contributed by atoms with Crippen molar-refractivity contribution in [2.75, 3.05) is 0 Å². The highest BCUT2D eigenvalue weighted by Crippen LogP contribution is 2.36. The smallest absolute Gasteiger partial charge is 0.150 e. The molecule has 0 fully saturated rings. The van der Waals surface area contributed by atoms with Crippen molar-refractivity contribution in [2.45, 2.75) is 0 Å². The number of carbonyl (C=O) groups excluding carboxylic acids is 1. The second kappa shape index (κ2) is 3.26. The van der Waals surface area contributed by atoms with Crippen molar-refractivity contribution in [1.82, 2.24) is 0 Å². The van der Waals surface area contributed by atoms with Crippen LogP contribution in [0.5, 0.6) is 5.75 Å². The molecule has 66 valence electrons. The molecule has 0 aliphatic heterocycles. The minimum absolute atomic E-state index is 0.195. The van der Waals surface area contributed by atoms with Crippen LogP contribution in [-0.2, 0) is 0 Å². The predicted molar refractivity (Wildman–Crippen MR) is 61.6 cm³/mol. The Morgan fingerprint density at radius 1 is 1.46 bits per heavy atom. The molecule has 0 saturated heterocycles. The van der Waals surface area contributed by atoms with E-state index < -0.39 is 0 Å². The number of hydrogen-bond acceptors (Lipinski definition) is 3. The fourth-order valence-corrected chi connectivity index (χ4v) is 2.92. The van der Waals surface area contributed by atoms with E-state index in [9.17, 15) is 9.90 Å². The molecule has 0 atom stereocenters.